The first-order chi connectivity index (χ1) is 5.11. The summed E-state index contributed by atoms with van der Waals surface area (Å²) in [5.74, 6) is 1.57. The lowest BCUT2D eigenvalue weighted by molar-refractivity contribution is 0.263. The Morgan fingerprint density at radius 1 is 1.36 bits per heavy atom. The van der Waals surface area contributed by atoms with Gasteiger partial charge in [0.15, 0.2) is 0 Å². The van der Waals surface area contributed by atoms with Crippen LogP contribution in [0.5, 0.6) is 0 Å². The fourth-order valence-corrected chi connectivity index (χ4v) is 1.92. The highest BCUT2D eigenvalue weighted by Crippen LogP contribution is 2.14. The molecule has 0 N–H and O–H groups in total. The van der Waals surface area contributed by atoms with Crippen LogP contribution in [0.1, 0.15) is 20.8 Å². The van der Waals surface area contributed by atoms with Gasteiger partial charge in [0.25, 0.3) is 0 Å². The molecule has 0 aromatic carbocycles. The summed E-state index contributed by atoms with van der Waals surface area (Å²) in [6.45, 7) is 9.13. The standard InChI is InChI=1S/C9H20BrN/c1-5-11(4)7-9(6-10)8(2)3/h8-9H,5-7H2,1-4H3. The van der Waals surface area contributed by atoms with Crippen molar-refractivity contribution in [3.05, 3.63) is 0 Å². The van der Waals surface area contributed by atoms with Crippen LogP contribution in [0.4, 0.5) is 0 Å². The third-order valence-electron chi connectivity index (χ3n) is 2.23. The molecule has 0 saturated heterocycles. The zero-order valence-corrected chi connectivity index (χ0v) is 9.69. The van der Waals surface area contributed by atoms with E-state index in [2.05, 4.69) is 48.6 Å². The van der Waals surface area contributed by atoms with E-state index in [1.807, 2.05) is 0 Å². The summed E-state index contributed by atoms with van der Waals surface area (Å²) in [5, 5.41) is 1.12. The van der Waals surface area contributed by atoms with Gasteiger partial charge in [-0.3, -0.25) is 0 Å². The van der Waals surface area contributed by atoms with Crippen LogP contribution < -0.4 is 0 Å². The summed E-state index contributed by atoms with van der Waals surface area (Å²) in [6, 6.07) is 0. The molecular formula is C9H20BrN. The second kappa shape index (κ2) is 6.01. The van der Waals surface area contributed by atoms with Gasteiger partial charge in [0.05, 0.1) is 0 Å². The first-order valence-electron chi connectivity index (χ1n) is 4.36. The van der Waals surface area contributed by atoms with Gasteiger partial charge in [0, 0.05) is 11.9 Å². The van der Waals surface area contributed by atoms with Gasteiger partial charge in [-0.15, -0.1) is 0 Å². The molecular weight excluding hydrogens is 202 g/mol. The van der Waals surface area contributed by atoms with Gasteiger partial charge in [-0.05, 0) is 25.4 Å². The Labute approximate surface area is 79.3 Å². The maximum atomic E-state index is 3.55. The summed E-state index contributed by atoms with van der Waals surface area (Å²) in [5.41, 5.74) is 0. The van der Waals surface area contributed by atoms with Gasteiger partial charge in [0.1, 0.15) is 0 Å². The Kier molecular flexibility index (Phi) is 6.25. The highest BCUT2D eigenvalue weighted by Gasteiger charge is 2.12. The van der Waals surface area contributed by atoms with Crippen molar-refractivity contribution in [1.82, 2.24) is 4.90 Å². The molecule has 0 amide bonds. The third kappa shape index (κ3) is 4.81. The van der Waals surface area contributed by atoms with E-state index in [4.69, 9.17) is 0 Å². The maximum absolute atomic E-state index is 3.55. The average Bonchev–Trinajstić information content (AvgIpc) is 1.99. The van der Waals surface area contributed by atoms with Gasteiger partial charge in [-0.1, -0.05) is 36.7 Å². The van der Waals surface area contributed by atoms with Crippen LogP contribution in [0, 0.1) is 11.8 Å². The first-order valence-corrected chi connectivity index (χ1v) is 5.48. The second-order valence-corrected chi connectivity index (χ2v) is 4.16. The molecule has 0 radical (unpaired) electrons. The minimum Gasteiger partial charge on any atom is -0.306 e. The lowest BCUT2D eigenvalue weighted by Crippen LogP contribution is -2.29. The second-order valence-electron chi connectivity index (χ2n) is 3.51. The van der Waals surface area contributed by atoms with E-state index >= 15 is 0 Å². The summed E-state index contributed by atoms with van der Waals surface area (Å²) in [7, 11) is 2.18. The third-order valence-corrected chi connectivity index (χ3v) is 3.06. The lowest BCUT2D eigenvalue weighted by Gasteiger charge is -2.24. The topological polar surface area (TPSA) is 3.24 Å². The highest BCUT2D eigenvalue weighted by atomic mass is 79.9. The molecule has 0 aliphatic rings. The summed E-state index contributed by atoms with van der Waals surface area (Å²) >= 11 is 3.55. The van der Waals surface area contributed by atoms with Gasteiger partial charge in [-0.2, -0.15) is 0 Å². The van der Waals surface area contributed by atoms with Gasteiger partial charge in [-0.25, -0.2) is 0 Å². The molecule has 0 fully saturated rings. The van der Waals surface area contributed by atoms with Crippen molar-refractivity contribution in [3.63, 3.8) is 0 Å². The molecule has 0 bridgehead atoms. The number of alkyl halides is 1. The van der Waals surface area contributed by atoms with Crippen molar-refractivity contribution in [3.8, 4) is 0 Å². The van der Waals surface area contributed by atoms with Crippen LogP contribution >= 0.6 is 15.9 Å². The first kappa shape index (κ1) is 11.4. The molecule has 11 heavy (non-hydrogen) atoms. The zero-order chi connectivity index (χ0) is 8.85. The van der Waals surface area contributed by atoms with Crippen LogP contribution in [-0.4, -0.2) is 30.4 Å². The molecule has 0 aliphatic carbocycles. The van der Waals surface area contributed by atoms with E-state index in [0.29, 0.717) is 0 Å². The van der Waals surface area contributed by atoms with E-state index in [9.17, 15) is 0 Å². The summed E-state index contributed by atoms with van der Waals surface area (Å²) in [6.07, 6.45) is 0. The van der Waals surface area contributed by atoms with Crippen LogP contribution in [0.3, 0.4) is 0 Å². The number of hydrogen-bond donors (Lipinski definition) is 0. The predicted octanol–water partition coefficient (Wildman–Crippen LogP) is 2.61. The molecule has 0 aromatic heterocycles. The van der Waals surface area contributed by atoms with Crippen molar-refractivity contribution in [2.45, 2.75) is 20.8 Å². The predicted molar refractivity (Wildman–Crippen MR) is 55.3 cm³/mol. The van der Waals surface area contributed by atoms with Crippen LogP contribution in [0.2, 0.25) is 0 Å². The Hall–Kier alpha value is 0.440. The molecule has 2 heteroatoms. The highest BCUT2D eigenvalue weighted by molar-refractivity contribution is 9.09. The van der Waals surface area contributed by atoms with Crippen molar-refractivity contribution in [2.75, 3.05) is 25.5 Å². The molecule has 0 rings (SSSR count). The van der Waals surface area contributed by atoms with Crippen molar-refractivity contribution in [1.29, 1.82) is 0 Å². The Morgan fingerprint density at radius 2 is 1.91 bits per heavy atom. The van der Waals surface area contributed by atoms with E-state index in [0.717, 1.165) is 23.7 Å². The van der Waals surface area contributed by atoms with Gasteiger partial charge >= 0.3 is 0 Å². The molecule has 0 aromatic rings. The molecule has 1 unspecified atom stereocenters. The van der Waals surface area contributed by atoms with Crippen molar-refractivity contribution in [2.24, 2.45) is 11.8 Å². The summed E-state index contributed by atoms with van der Waals surface area (Å²) < 4.78 is 0. The fourth-order valence-electron chi connectivity index (χ4n) is 0.967. The Morgan fingerprint density at radius 3 is 2.18 bits per heavy atom. The van der Waals surface area contributed by atoms with Crippen molar-refractivity contribution >= 4 is 15.9 Å². The minimum atomic E-state index is 0.781. The number of nitrogens with zero attached hydrogens (tertiary/aromatic N) is 1. The fraction of sp³-hybridized carbons (Fsp3) is 1.00. The van der Waals surface area contributed by atoms with Crippen molar-refractivity contribution < 1.29 is 0 Å². The molecule has 68 valence electrons. The molecule has 0 heterocycles. The number of rotatable bonds is 5. The smallest absolute Gasteiger partial charge is 0.00743 e. The maximum Gasteiger partial charge on any atom is 0.00743 e. The van der Waals surface area contributed by atoms with E-state index < -0.39 is 0 Å². The van der Waals surface area contributed by atoms with Crippen LogP contribution in [0.25, 0.3) is 0 Å². The molecule has 0 saturated carbocycles. The average molecular weight is 222 g/mol. The quantitative estimate of drug-likeness (QED) is 0.646. The van der Waals surface area contributed by atoms with E-state index in [1.54, 1.807) is 0 Å². The van der Waals surface area contributed by atoms with E-state index in [-0.39, 0.29) is 0 Å². The monoisotopic (exact) mass is 221 g/mol. The Bertz CT molecular complexity index is 93.6. The van der Waals surface area contributed by atoms with Crippen LogP contribution in [0.15, 0.2) is 0 Å². The van der Waals surface area contributed by atoms with Crippen LogP contribution in [-0.2, 0) is 0 Å². The minimum absolute atomic E-state index is 0.781. The summed E-state index contributed by atoms with van der Waals surface area (Å²) in [4.78, 5) is 2.37. The molecule has 1 atom stereocenters. The largest absolute Gasteiger partial charge is 0.306 e. The SMILES string of the molecule is CCN(C)CC(CBr)C(C)C. The lowest BCUT2D eigenvalue weighted by atomic mass is 9.98. The van der Waals surface area contributed by atoms with E-state index in [1.165, 1.54) is 6.54 Å². The van der Waals surface area contributed by atoms with Gasteiger partial charge in [0.2, 0.25) is 0 Å². The molecule has 1 nitrogen and oxygen atoms in total. The molecule has 0 aliphatic heterocycles. The zero-order valence-electron chi connectivity index (χ0n) is 8.10. The number of hydrogen-bond acceptors (Lipinski definition) is 1. The normalized spacial score (nSPS) is 14.5. The number of halogens is 1. The molecule has 0 spiro atoms. The van der Waals surface area contributed by atoms with Gasteiger partial charge < -0.3 is 4.90 Å². The Balaban J connectivity index is 3.68.